The number of aromatic nitrogens is 4. The average molecular weight is 387 g/mol. The van der Waals surface area contributed by atoms with Gasteiger partial charge in [0.05, 0.1) is 24.4 Å². The third kappa shape index (κ3) is 3.09. The number of phenolic OH excluding ortho intramolecular Hbond substituents is 1. The summed E-state index contributed by atoms with van der Waals surface area (Å²) in [5.41, 5.74) is 3.55. The number of hydrogen-bond acceptors (Lipinski definition) is 6. The average Bonchev–Trinajstić information content (AvgIpc) is 3.15. The van der Waals surface area contributed by atoms with Gasteiger partial charge in [-0.3, -0.25) is 14.3 Å². The molecule has 0 unspecified atom stereocenters. The van der Waals surface area contributed by atoms with E-state index in [0.717, 1.165) is 47.8 Å². The van der Waals surface area contributed by atoms with E-state index in [9.17, 15) is 5.11 Å². The van der Waals surface area contributed by atoms with Crippen LogP contribution in [0.2, 0.25) is 0 Å². The molecule has 7 nitrogen and oxygen atoms in total. The molecule has 1 aromatic carbocycles. The Morgan fingerprint density at radius 2 is 1.93 bits per heavy atom. The van der Waals surface area contributed by atoms with Crippen molar-refractivity contribution in [3.8, 4) is 22.9 Å². The molecule has 0 radical (unpaired) electrons. The molecule has 1 saturated heterocycles. The van der Waals surface area contributed by atoms with Gasteiger partial charge in [0.15, 0.2) is 0 Å². The maximum absolute atomic E-state index is 9.99. The molecule has 1 fully saturated rings. The normalized spacial score (nSPS) is 14.8. The van der Waals surface area contributed by atoms with Crippen molar-refractivity contribution >= 4 is 5.52 Å². The highest BCUT2D eigenvalue weighted by atomic mass is 16.5. The Morgan fingerprint density at radius 3 is 2.76 bits per heavy atom. The van der Waals surface area contributed by atoms with Gasteiger partial charge in [-0.05, 0) is 18.2 Å². The van der Waals surface area contributed by atoms with Crippen LogP contribution >= 0.6 is 0 Å². The van der Waals surface area contributed by atoms with Gasteiger partial charge in [-0.15, -0.1) is 0 Å². The number of methoxy groups -OCH3 is 1. The smallest absolute Gasteiger partial charge is 0.222 e. The zero-order valence-electron chi connectivity index (χ0n) is 16.1. The highest BCUT2D eigenvalue weighted by molar-refractivity contribution is 5.79. The van der Waals surface area contributed by atoms with Crippen LogP contribution < -0.4 is 4.74 Å². The molecule has 1 N–H and O–H groups in total. The first kappa shape index (κ1) is 17.6. The molecule has 0 bridgehead atoms. The van der Waals surface area contributed by atoms with E-state index in [1.807, 2.05) is 42.7 Å². The molecule has 7 heteroatoms. The van der Waals surface area contributed by atoms with Gasteiger partial charge in [0.2, 0.25) is 5.88 Å². The summed E-state index contributed by atoms with van der Waals surface area (Å²) in [5.74, 6) is 2.27. The summed E-state index contributed by atoms with van der Waals surface area (Å²) in [5, 5.41) is 9.99. The number of pyridine rings is 1. The summed E-state index contributed by atoms with van der Waals surface area (Å²) < 4.78 is 7.52. The molecule has 0 saturated carbocycles. The Morgan fingerprint density at radius 1 is 1.07 bits per heavy atom. The first-order valence-electron chi connectivity index (χ1n) is 9.55. The first-order chi connectivity index (χ1) is 14.2. The molecule has 1 aliphatic heterocycles. The molecule has 4 aromatic rings. The van der Waals surface area contributed by atoms with Crippen LogP contribution in [0.15, 0.2) is 61.2 Å². The van der Waals surface area contributed by atoms with Crippen molar-refractivity contribution in [3.05, 3.63) is 72.6 Å². The summed E-state index contributed by atoms with van der Waals surface area (Å²) in [4.78, 5) is 15.9. The largest absolute Gasteiger partial charge is 0.508 e. The standard InChI is InChI=1S/C22H21N5O2/c1-29-22-17(6-4-8-24-22)20-18-11-25-21(27(18)10-9-23-20)16-13-26(14-16)12-15-5-2-3-7-19(15)28/h2-11,16,28H,12-14H2,1H3. The molecule has 0 spiro atoms. The van der Waals surface area contributed by atoms with Crippen LogP contribution in [0, 0.1) is 0 Å². The number of para-hydroxylation sites is 1. The fourth-order valence-corrected chi connectivity index (χ4v) is 3.94. The molecule has 0 atom stereocenters. The van der Waals surface area contributed by atoms with Crippen LogP contribution in [-0.2, 0) is 6.54 Å². The van der Waals surface area contributed by atoms with Crippen molar-refractivity contribution in [3.63, 3.8) is 0 Å². The Kier molecular flexibility index (Phi) is 4.37. The topological polar surface area (TPSA) is 75.8 Å². The highest BCUT2D eigenvalue weighted by Gasteiger charge is 2.31. The summed E-state index contributed by atoms with van der Waals surface area (Å²) in [6.07, 6.45) is 7.32. The van der Waals surface area contributed by atoms with Crippen LogP contribution in [0.1, 0.15) is 17.3 Å². The lowest BCUT2D eigenvalue weighted by Gasteiger charge is -2.38. The van der Waals surface area contributed by atoms with Gasteiger partial charge in [-0.1, -0.05) is 18.2 Å². The lowest BCUT2D eigenvalue weighted by atomic mass is 9.98. The lowest BCUT2D eigenvalue weighted by Crippen LogP contribution is -2.44. The van der Waals surface area contributed by atoms with Gasteiger partial charge < -0.3 is 9.84 Å². The minimum Gasteiger partial charge on any atom is -0.508 e. The second-order valence-corrected chi connectivity index (χ2v) is 7.23. The van der Waals surface area contributed by atoms with Crippen molar-refractivity contribution in [2.45, 2.75) is 12.5 Å². The number of aromatic hydroxyl groups is 1. The molecular formula is C22H21N5O2. The van der Waals surface area contributed by atoms with E-state index in [-0.39, 0.29) is 0 Å². The van der Waals surface area contributed by atoms with Crippen molar-refractivity contribution in [1.82, 2.24) is 24.3 Å². The van der Waals surface area contributed by atoms with Gasteiger partial charge in [0, 0.05) is 49.7 Å². The molecule has 5 rings (SSSR count). The number of likely N-dealkylation sites (tertiary alicyclic amines) is 1. The minimum atomic E-state index is 0.342. The first-order valence-corrected chi connectivity index (χ1v) is 9.55. The SMILES string of the molecule is COc1ncccc1-c1nccn2c(C3CN(Cc4ccccc4O)C3)ncc12. The Bertz CT molecular complexity index is 1170. The van der Waals surface area contributed by atoms with Crippen LogP contribution in [-0.4, -0.2) is 49.6 Å². The number of nitrogens with zero attached hydrogens (tertiary/aromatic N) is 5. The van der Waals surface area contributed by atoms with Crippen LogP contribution in [0.5, 0.6) is 11.6 Å². The summed E-state index contributed by atoms with van der Waals surface area (Å²) in [7, 11) is 1.61. The minimum absolute atomic E-state index is 0.342. The predicted molar refractivity (Wildman–Crippen MR) is 109 cm³/mol. The van der Waals surface area contributed by atoms with Crippen LogP contribution in [0.3, 0.4) is 0 Å². The van der Waals surface area contributed by atoms with Crippen molar-refractivity contribution in [2.24, 2.45) is 0 Å². The lowest BCUT2D eigenvalue weighted by molar-refractivity contribution is 0.133. The second-order valence-electron chi connectivity index (χ2n) is 7.23. The molecule has 0 amide bonds. The predicted octanol–water partition coefficient (Wildman–Crippen LogP) is 3.10. The van der Waals surface area contributed by atoms with Gasteiger partial charge in [0.1, 0.15) is 17.3 Å². The fourth-order valence-electron chi connectivity index (χ4n) is 3.94. The fraction of sp³-hybridized carbons (Fsp3) is 0.227. The second kappa shape index (κ2) is 7.18. The Hall–Kier alpha value is -3.45. The maximum Gasteiger partial charge on any atom is 0.222 e. The van der Waals surface area contributed by atoms with Crippen molar-refractivity contribution in [2.75, 3.05) is 20.2 Å². The van der Waals surface area contributed by atoms with Crippen molar-refractivity contribution in [1.29, 1.82) is 0 Å². The molecule has 29 heavy (non-hydrogen) atoms. The number of ether oxygens (including phenoxy) is 1. The van der Waals surface area contributed by atoms with E-state index in [2.05, 4.69) is 19.3 Å². The van der Waals surface area contributed by atoms with Gasteiger partial charge in [-0.25, -0.2) is 9.97 Å². The number of phenols is 1. The third-order valence-corrected chi connectivity index (χ3v) is 5.41. The summed E-state index contributed by atoms with van der Waals surface area (Å²) >= 11 is 0. The zero-order valence-corrected chi connectivity index (χ0v) is 16.1. The molecule has 0 aliphatic carbocycles. The van der Waals surface area contributed by atoms with Crippen LogP contribution in [0.4, 0.5) is 0 Å². The quantitative estimate of drug-likeness (QED) is 0.567. The van der Waals surface area contributed by atoms with E-state index in [4.69, 9.17) is 9.72 Å². The van der Waals surface area contributed by atoms with Gasteiger partial charge >= 0.3 is 0 Å². The number of rotatable bonds is 5. The maximum atomic E-state index is 9.99. The van der Waals surface area contributed by atoms with Gasteiger partial charge in [0.25, 0.3) is 0 Å². The van der Waals surface area contributed by atoms with Gasteiger partial charge in [-0.2, -0.15) is 0 Å². The third-order valence-electron chi connectivity index (χ3n) is 5.41. The molecule has 4 heterocycles. The zero-order chi connectivity index (χ0) is 19.8. The van der Waals surface area contributed by atoms with E-state index >= 15 is 0 Å². The highest BCUT2D eigenvalue weighted by Crippen LogP contribution is 2.33. The summed E-state index contributed by atoms with van der Waals surface area (Å²) in [6.45, 7) is 2.55. The van der Waals surface area contributed by atoms with E-state index in [1.165, 1.54) is 0 Å². The number of hydrogen-bond donors (Lipinski definition) is 1. The monoisotopic (exact) mass is 387 g/mol. The van der Waals surface area contributed by atoms with Crippen molar-refractivity contribution < 1.29 is 9.84 Å². The summed E-state index contributed by atoms with van der Waals surface area (Å²) in [6, 6.07) is 11.3. The Balaban J connectivity index is 1.40. The van der Waals surface area contributed by atoms with E-state index in [0.29, 0.717) is 17.5 Å². The molecule has 146 valence electrons. The van der Waals surface area contributed by atoms with Crippen LogP contribution in [0.25, 0.3) is 16.8 Å². The Labute approximate surface area is 168 Å². The molecule has 3 aromatic heterocycles. The molecule has 1 aliphatic rings. The van der Waals surface area contributed by atoms with E-state index in [1.54, 1.807) is 25.6 Å². The molecular weight excluding hydrogens is 366 g/mol. The number of fused-ring (bicyclic) bond motifs is 1. The number of imidazole rings is 1. The van der Waals surface area contributed by atoms with E-state index < -0.39 is 0 Å². The number of benzene rings is 1.